The molecule has 1 rings (SSSR count). The van der Waals surface area contributed by atoms with Crippen molar-refractivity contribution in [2.45, 2.75) is 192 Å². The Bertz CT molecular complexity index is 1390. The maximum absolute atomic E-state index is 12.8. The second-order valence-electron chi connectivity index (χ2n) is 16.1. The number of aliphatic hydroxyl groups is 4. The molecule has 4 N–H and O–H groups in total. The molecule has 9 heteroatoms. The number of esters is 1. The van der Waals surface area contributed by atoms with Gasteiger partial charge in [-0.15, -0.1) is 0 Å². The molecule has 6 atom stereocenters. The van der Waals surface area contributed by atoms with Gasteiger partial charge in [0, 0.05) is 13.0 Å². The summed E-state index contributed by atoms with van der Waals surface area (Å²) >= 11 is 0. The Kier molecular flexibility index (Phi) is 41.0. The van der Waals surface area contributed by atoms with Crippen LogP contribution in [0.5, 0.6) is 0 Å². The number of rotatable bonds is 40. The van der Waals surface area contributed by atoms with Gasteiger partial charge in [0.1, 0.15) is 30.5 Å². The van der Waals surface area contributed by atoms with Crippen LogP contribution in [0.4, 0.5) is 0 Å². The van der Waals surface area contributed by atoms with Crippen LogP contribution in [0, 0.1) is 0 Å². The third-order valence-corrected chi connectivity index (χ3v) is 10.4. The quantitative estimate of drug-likeness (QED) is 0.0269. The number of hydrogen-bond donors (Lipinski definition) is 4. The summed E-state index contributed by atoms with van der Waals surface area (Å²) < 4.78 is 22.8. The molecular formula is C55H88O9. The Hall–Kier alpha value is -3.41. The third kappa shape index (κ3) is 34.9. The van der Waals surface area contributed by atoms with Gasteiger partial charge in [0.15, 0.2) is 6.29 Å². The molecular weight excluding hydrogens is 805 g/mol. The molecule has 1 saturated heterocycles. The van der Waals surface area contributed by atoms with Crippen LogP contribution in [0.15, 0.2) is 122 Å². The molecule has 0 amide bonds. The van der Waals surface area contributed by atoms with E-state index < -0.39 is 43.4 Å². The standard InChI is InChI=1S/C55H88O9/c1-3-5-7-9-11-13-15-17-19-21-22-23-24-25-26-27-28-29-30-32-34-36-38-40-42-44-51(57)63-49(48-62-55-54(60)53(59)52(58)50(46-56)64-55)47-61-45-43-41-39-37-35-33-31-20-18-16-14-12-10-8-6-4-2/h5-8,11-14,17-20,22-23,25-26,28-29,33,35,49-50,52-56,58-60H,3-4,9-10,15-16,21,24,27,30-32,34,36-48H2,1-2H3/b7-5-,8-6-,13-11-,14-12-,19-17-,20-18-,23-22-,26-25-,29-28-,35-33-. The normalized spacial score (nSPS) is 20.6. The average Bonchev–Trinajstić information content (AvgIpc) is 3.30. The lowest BCUT2D eigenvalue weighted by Gasteiger charge is -2.39. The molecule has 1 aliphatic rings. The van der Waals surface area contributed by atoms with Crippen molar-refractivity contribution in [1.82, 2.24) is 0 Å². The SMILES string of the molecule is CC/C=C\C/C=C\C/C=C\C/C=C\C/C=C\C/C=C\CCCCCCCCC(=O)OC(COCCCCC/C=C\C/C=C\C/C=C\C/C=C\CC)COC1OC(CO)C(O)C(O)C1O. The fourth-order valence-corrected chi connectivity index (χ4v) is 6.60. The van der Waals surface area contributed by atoms with Crippen LogP contribution < -0.4 is 0 Å². The monoisotopic (exact) mass is 893 g/mol. The van der Waals surface area contributed by atoms with E-state index in [1.54, 1.807) is 0 Å². The highest BCUT2D eigenvalue weighted by atomic mass is 16.7. The first-order valence-corrected chi connectivity index (χ1v) is 24.6. The van der Waals surface area contributed by atoms with E-state index in [0.717, 1.165) is 135 Å². The van der Waals surface area contributed by atoms with Crippen LogP contribution in [0.2, 0.25) is 0 Å². The van der Waals surface area contributed by atoms with E-state index >= 15 is 0 Å². The van der Waals surface area contributed by atoms with Crippen molar-refractivity contribution in [3.63, 3.8) is 0 Å². The fraction of sp³-hybridized carbons (Fsp3) is 0.618. The zero-order valence-electron chi connectivity index (χ0n) is 39.7. The Morgan fingerprint density at radius 2 is 0.906 bits per heavy atom. The Balaban J connectivity index is 2.27. The van der Waals surface area contributed by atoms with E-state index in [1.165, 1.54) is 0 Å². The van der Waals surface area contributed by atoms with E-state index in [9.17, 15) is 25.2 Å². The van der Waals surface area contributed by atoms with Gasteiger partial charge in [-0.2, -0.15) is 0 Å². The third-order valence-electron chi connectivity index (χ3n) is 10.4. The zero-order chi connectivity index (χ0) is 46.4. The number of allylic oxidation sites excluding steroid dienone is 20. The highest BCUT2D eigenvalue weighted by molar-refractivity contribution is 5.69. The lowest BCUT2D eigenvalue weighted by molar-refractivity contribution is -0.305. The van der Waals surface area contributed by atoms with Crippen LogP contribution in [-0.4, -0.2) is 89.6 Å². The van der Waals surface area contributed by atoms with Crippen molar-refractivity contribution in [3.8, 4) is 0 Å². The molecule has 0 aliphatic carbocycles. The maximum atomic E-state index is 12.8. The summed E-state index contributed by atoms with van der Waals surface area (Å²) in [7, 11) is 0. The molecule has 64 heavy (non-hydrogen) atoms. The van der Waals surface area contributed by atoms with Crippen molar-refractivity contribution in [2.24, 2.45) is 0 Å². The molecule has 0 saturated carbocycles. The van der Waals surface area contributed by atoms with Gasteiger partial charge < -0.3 is 39.4 Å². The second-order valence-corrected chi connectivity index (χ2v) is 16.1. The van der Waals surface area contributed by atoms with E-state index in [-0.39, 0.29) is 25.6 Å². The molecule has 0 aromatic carbocycles. The largest absolute Gasteiger partial charge is 0.457 e. The summed E-state index contributed by atoms with van der Waals surface area (Å²) in [4.78, 5) is 12.8. The predicted octanol–water partition coefficient (Wildman–Crippen LogP) is 11.9. The van der Waals surface area contributed by atoms with Crippen molar-refractivity contribution in [2.75, 3.05) is 26.4 Å². The van der Waals surface area contributed by atoms with Crippen molar-refractivity contribution in [1.29, 1.82) is 0 Å². The van der Waals surface area contributed by atoms with Crippen LogP contribution in [0.25, 0.3) is 0 Å². The number of carbonyl (C=O) groups is 1. The minimum atomic E-state index is -1.55. The first-order chi connectivity index (χ1) is 31.4. The van der Waals surface area contributed by atoms with Gasteiger partial charge in [-0.25, -0.2) is 0 Å². The summed E-state index contributed by atoms with van der Waals surface area (Å²) in [6, 6.07) is 0. The molecule has 0 aromatic heterocycles. The summed E-state index contributed by atoms with van der Waals surface area (Å²) in [5.41, 5.74) is 0. The number of unbranched alkanes of at least 4 members (excludes halogenated alkanes) is 9. The molecule has 9 nitrogen and oxygen atoms in total. The van der Waals surface area contributed by atoms with E-state index in [1.807, 2.05) is 0 Å². The maximum Gasteiger partial charge on any atom is 0.306 e. The molecule has 362 valence electrons. The summed E-state index contributed by atoms with van der Waals surface area (Å²) in [6.45, 7) is 4.21. The van der Waals surface area contributed by atoms with Gasteiger partial charge in [-0.3, -0.25) is 4.79 Å². The molecule has 1 fully saturated rings. The van der Waals surface area contributed by atoms with Crippen LogP contribution >= 0.6 is 0 Å². The molecule has 0 radical (unpaired) electrons. The first kappa shape index (κ1) is 58.6. The van der Waals surface area contributed by atoms with Gasteiger partial charge in [-0.1, -0.05) is 167 Å². The lowest BCUT2D eigenvalue weighted by Crippen LogP contribution is -2.59. The van der Waals surface area contributed by atoms with Crippen molar-refractivity contribution >= 4 is 5.97 Å². The summed E-state index contributed by atoms with van der Waals surface area (Å²) in [5, 5.41) is 40.2. The lowest BCUT2D eigenvalue weighted by atomic mass is 9.99. The van der Waals surface area contributed by atoms with E-state index in [4.69, 9.17) is 18.9 Å². The smallest absolute Gasteiger partial charge is 0.306 e. The number of hydrogen-bond acceptors (Lipinski definition) is 9. The molecule has 0 aromatic rings. The number of ether oxygens (including phenoxy) is 4. The van der Waals surface area contributed by atoms with Gasteiger partial charge >= 0.3 is 5.97 Å². The first-order valence-electron chi connectivity index (χ1n) is 24.6. The predicted molar refractivity (Wildman–Crippen MR) is 265 cm³/mol. The number of aliphatic hydroxyl groups excluding tert-OH is 4. The molecule has 1 aliphatic heterocycles. The topological polar surface area (TPSA) is 135 Å². The average molecular weight is 893 g/mol. The van der Waals surface area contributed by atoms with Crippen LogP contribution in [0.3, 0.4) is 0 Å². The Morgan fingerprint density at radius 1 is 0.500 bits per heavy atom. The van der Waals surface area contributed by atoms with Gasteiger partial charge in [-0.05, 0) is 103 Å². The van der Waals surface area contributed by atoms with Crippen LogP contribution in [-0.2, 0) is 23.7 Å². The molecule has 0 spiro atoms. The van der Waals surface area contributed by atoms with Crippen LogP contribution in [0.1, 0.15) is 155 Å². The molecule has 0 bridgehead atoms. The second kappa shape index (κ2) is 44.8. The highest BCUT2D eigenvalue weighted by Gasteiger charge is 2.44. The van der Waals surface area contributed by atoms with Gasteiger partial charge in [0.2, 0.25) is 0 Å². The van der Waals surface area contributed by atoms with Gasteiger partial charge in [0.25, 0.3) is 0 Å². The Labute approximate surface area is 388 Å². The minimum Gasteiger partial charge on any atom is -0.457 e. The van der Waals surface area contributed by atoms with E-state index in [2.05, 4.69) is 135 Å². The number of carbonyl (C=O) groups excluding carboxylic acids is 1. The zero-order valence-corrected chi connectivity index (χ0v) is 39.7. The summed E-state index contributed by atoms with van der Waals surface area (Å²) in [6.07, 6.45) is 58.0. The molecule has 1 heterocycles. The van der Waals surface area contributed by atoms with Gasteiger partial charge in [0.05, 0.1) is 19.8 Å². The van der Waals surface area contributed by atoms with Crippen molar-refractivity contribution in [3.05, 3.63) is 122 Å². The molecule has 6 unspecified atom stereocenters. The Morgan fingerprint density at radius 3 is 1.36 bits per heavy atom. The minimum absolute atomic E-state index is 0.108. The highest BCUT2D eigenvalue weighted by Crippen LogP contribution is 2.22. The van der Waals surface area contributed by atoms with E-state index in [0.29, 0.717) is 6.61 Å². The fourth-order valence-electron chi connectivity index (χ4n) is 6.60. The van der Waals surface area contributed by atoms with Crippen molar-refractivity contribution < 1.29 is 44.2 Å². The summed E-state index contributed by atoms with van der Waals surface area (Å²) in [5.74, 6) is -0.346.